The van der Waals surface area contributed by atoms with Crippen LogP contribution in [-0.2, 0) is 5.41 Å². The maximum atomic E-state index is 10.4. The Morgan fingerprint density at radius 2 is 1.87 bits per heavy atom. The fraction of sp³-hybridized carbons (Fsp3) is 0.500. The highest BCUT2D eigenvalue weighted by Crippen LogP contribution is 2.24. The lowest BCUT2D eigenvalue weighted by Gasteiger charge is -2.17. The smallest absolute Gasteiger partial charge is 0.222 e. The lowest BCUT2D eigenvalue weighted by Crippen LogP contribution is -2.37. The second kappa shape index (κ2) is 4.07. The van der Waals surface area contributed by atoms with Crippen LogP contribution in [0.5, 0.6) is 0 Å². The minimum absolute atomic E-state index is 0.260. The van der Waals surface area contributed by atoms with Gasteiger partial charge in [-0.1, -0.05) is 0 Å². The Labute approximate surface area is 85.0 Å². The number of nitro groups is 2. The van der Waals surface area contributed by atoms with Crippen molar-refractivity contribution >= 4 is 0 Å². The van der Waals surface area contributed by atoms with Gasteiger partial charge in [-0.2, -0.15) is 0 Å². The van der Waals surface area contributed by atoms with E-state index < -0.39 is 28.4 Å². The highest BCUT2D eigenvalue weighted by atomic mass is 16.6. The SMILES string of the molecule is CC(C[N+](=O)[O-])(C[N+](=O)[O-])c1ccco1. The van der Waals surface area contributed by atoms with Crippen LogP contribution in [0.2, 0.25) is 0 Å². The number of furan rings is 1. The molecule has 0 amide bonds. The van der Waals surface area contributed by atoms with Crippen LogP contribution in [0.15, 0.2) is 22.8 Å². The summed E-state index contributed by atoms with van der Waals surface area (Å²) in [4.78, 5) is 19.7. The molecule has 0 fully saturated rings. The highest BCUT2D eigenvalue weighted by Gasteiger charge is 2.40. The zero-order valence-corrected chi connectivity index (χ0v) is 8.08. The van der Waals surface area contributed by atoms with Gasteiger partial charge < -0.3 is 4.42 Å². The van der Waals surface area contributed by atoms with Gasteiger partial charge in [-0.25, -0.2) is 0 Å². The monoisotopic (exact) mass is 214 g/mol. The summed E-state index contributed by atoms with van der Waals surface area (Å²) >= 11 is 0. The standard InChI is InChI=1S/C8H10N2O5/c1-8(5-9(11)12,6-10(13)14)7-3-2-4-15-7/h2-4H,5-6H2,1H3. The molecule has 0 atom stereocenters. The molecule has 0 saturated carbocycles. The average molecular weight is 214 g/mol. The number of hydrogen-bond acceptors (Lipinski definition) is 5. The maximum absolute atomic E-state index is 10.4. The molecular weight excluding hydrogens is 204 g/mol. The Hall–Kier alpha value is -1.92. The Bertz CT molecular complexity index is 343. The number of rotatable bonds is 5. The van der Waals surface area contributed by atoms with Gasteiger partial charge in [0.05, 0.1) is 6.26 Å². The second-order valence-electron chi connectivity index (χ2n) is 3.52. The number of nitrogens with zero attached hydrogens (tertiary/aromatic N) is 2. The average Bonchev–Trinajstić information content (AvgIpc) is 2.51. The van der Waals surface area contributed by atoms with Crippen LogP contribution in [0.4, 0.5) is 0 Å². The van der Waals surface area contributed by atoms with Gasteiger partial charge in [-0.3, -0.25) is 20.2 Å². The van der Waals surface area contributed by atoms with E-state index in [1.165, 1.54) is 19.3 Å². The summed E-state index contributed by atoms with van der Waals surface area (Å²) in [6, 6.07) is 3.06. The molecule has 0 aromatic carbocycles. The van der Waals surface area contributed by atoms with Crippen molar-refractivity contribution in [2.24, 2.45) is 0 Å². The molecule has 15 heavy (non-hydrogen) atoms. The lowest BCUT2D eigenvalue weighted by atomic mass is 9.88. The van der Waals surface area contributed by atoms with Crippen LogP contribution < -0.4 is 0 Å². The molecule has 0 bridgehead atoms. The largest absolute Gasteiger partial charge is 0.468 e. The van der Waals surface area contributed by atoms with Crippen molar-refractivity contribution in [1.29, 1.82) is 0 Å². The fourth-order valence-corrected chi connectivity index (χ4v) is 1.40. The van der Waals surface area contributed by atoms with E-state index in [-0.39, 0.29) is 5.76 Å². The Balaban J connectivity index is 2.95. The van der Waals surface area contributed by atoms with Crippen molar-refractivity contribution in [2.75, 3.05) is 13.1 Å². The van der Waals surface area contributed by atoms with Gasteiger partial charge in [0.15, 0.2) is 5.41 Å². The zero-order chi connectivity index (χ0) is 11.5. The summed E-state index contributed by atoms with van der Waals surface area (Å²) < 4.78 is 4.99. The highest BCUT2D eigenvalue weighted by molar-refractivity contribution is 5.12. The van der Waals surface area contributed by atoms with E-state index in [9.17, 15) is 20.2 Å². The Morgan fingerprint density at radius 3 is 2.20 bits per heavy atom. The summed E-state index contributed by atoms with van der Waals surface area (Å²) in [5, 5.41) is 20.9. The van der Waals surface area contributed by atoms with Crippen LogP contribution in [0.3, 0.4) is 0 Å². The first-order valence-electron chi connectivity index (χ1n) is 4.22. The molecule has 82 valence electrons. The first-order chi connectivity index (χ1) is 6.94. The molecule has 7 heteroatoms. The molecule has 0 unspecified atom stereocenters. The van der Waals surface area contributed by atoms with Gasteiger partial charge in [0.2, 0.25) is 13.1 Å². The summed E-state index contributed by atoms with van der Waals surface area (Å²) in [6.07, 6.45) is 1.34. The van der Waals surface area contributed by atoms with Crippen molar-refractivity contribution < 1.29 is 14.3 Å². The quantitative estimate of drug-likeness (QED) is 0.539. The molecular formula is C8H10N2O5. The van der Waals surface area contributed by atoms with Gasteiger partial charge in [-0.05, 0) is 19.1 Å². The molecule has 0 aliphatic heterocycles. The van der Waals surface area contributed by atoms with Crippen molar-refractivity contribution in [3.05, 3.63) is 44.4 Å². The molecule has 1 aromatic rings. The first kappa shape index (κ1) is 11.2. The molecule has 1 aromatic heterocycles. The Kier molecular flexibility index (Phi) is 3.03. The van der Waals surface area contributed by atoms with E-state index in [1.807, 2.05) is 0 Å². The predicted molar refractivity (Wildman–Crippen MR) is 49.8 cm³/mol. The second-order valence-corrected chi connectivity index (χ2v) is 3.52. The first-order valence-corrected chi connectivity index (χ1v) is 4.22. The lowest BCUT2D eigenvalue weighted by molar-refractivity contribution is -0.528. The van der Waals surface area contributed by atoms with Crippen molar-refractivity contribution in [3.63, 3.8) is 0 Å². The molecule has 0 spiro atoms. The van der Waals surface area contributed by atoms with Crippen molar-refractivity contribution in [1.82, 2.24) is 0 Å². The van der Waals surface area contributed by atoms with E-state index in [0.717, 1.165) is 0 Å². The van der Waals surface area contributed by atoms with E-state index in [4.69, 9.17) is 4.42 Å². The van der Waals surface area contributed by atoms with E-state index >= 15 is 0 Å². The molecule has 0 radical (unpaired) electrons. The van der Waals surface area contributed by atoms with E-state index in [0.29, 0.717) is 0 Å². The summed E-state index contributed by atoms with van der Waals surface area (Å²) in [5.41, 5.74) is -1.20. The van der Waals surface area contributed by atoms with Gasteiger partial charge in [0, 0.05) is 9.85 Å². The van der Waals surface area contributed by atoms with Crippen molar-refractivity contribution in [3.8, 4) is 0 Å². The molecule has 1 rings (SSSR count). The van der Waals surface area contributed by atoms with Gasteiger partial charge in [0.25, 0.3) is 0 Å². The van der Waals surface area contributed by atoms with Crippen LogP contribution in [0, 0.1) is 20.2 Å². The number of hydrogen-bond donors (Lipinski definition) is 0. The third-order valence-electron chi connectivity index (χ3n) is 2.07. The fourth-order valence-electron chi connectivity index (χ4n) is 1.40. The molecule has 1 heterocycles. The van der Waals surface area contributed by atoms with Crippen LogP contribution in [0.25, 0.3) is 0 Å². The van der Waals surface area contributed by atoms with Gasteiger partial charge in [0.1, 0.15) is 5.76 Å². The van der Waals surface area contributed by atoms with Crippen LogP contribution in [-0.4, -0.2) is 22.9 Å². The van der Waals surface area contributed by atoms with E-state index in [2.05, 4.69) is 0 Å². The minimum Gasteiger partial charge on any atom is -0.468 e. The van der Waals surface area contributed by atoms with Crippen molar-refractivity contribution in [2.45, 2.75) is 12.3 Å². The molecule has 0 aliphatic rings. The van der Waals surface area contributed by atoms with Gasteiger partial charge >= 0.3 is 0 Å². The van der Waals surface area contributed by atoms with E-state index in [1.54, 1.807) is 6.07 Å². The predicted octanol–water partition coefficient (Wildman–Crippen LogP) is 1.09. The summed E-state index contributed by atoms with van der Waals surface area (Å²) in [5.74, 6) is 0.260. The van der Waals surface area contributed by atoms with Crippen LogP contribution in [0.1, 0.15) is 12.7 Å². The third-order valence-corrected chi connectivity index (χ3v) is 2.07. The molecule has 0 saturated heterocycles. The topological polar surface area (TPSA) is 99.4 Å². The molecule has 7 nitrogen and oxygen atoms in total. The zero-order valence-electron chi connectivity index (χ0n) is 8.08. The molecule has 0 N–H and O–H groups in total. The summed E-state index contributed by atoms with van der Waals surface area (Å²) in [6.45, 7) is 0.389. The normalized spacial score (nSPS) is 11.3. The van der Waals surface area contributed by atoms with Gasteiger partial charge in [-0.15, -0.1) is 0 Å². The Morgan fingerprint density at radius 1 is 1.33 bits per heavy atom. The third kappa shape index (κ3) is 2.76. The minimum atomic E-state index is -1.20. The van der Waals surface area contributed by atoms with Crippen LogP contribution >= 0.6 is 0 Å². The maximum Gasteiger partial charge on any atom is 0.222 e. The molecule has 0 aliphatic carbocycles. The summed E-state index contributed by atoms with van der Waals surface area (Å²) in [7, 11) is 0.